The second-order valence-electron chi connectivity index (χ2n) is 5.18. The fourth-order valence-corrected chi connectivity index (χ4v) is 2.42. The molecule has 0 aliphatic heterocycles. The van der Waals surface area contributed by atoms with E-state index in [9.17, 15) is 4.79 Å². The van der Waals surface area contributed by atoms with E-state index < -0.39 is 0 Å². The number of amides is 1. The summed E-state index contributed by atoms with van der Waals surface area (Å²) in [5.41, 5.74) is 2.25. The number of benzene rings is 2. The zero-order chi connectivity index (χ0) is 15.9. The fraction of sp³-hybridized carbons (Fsp3) is 0.176. The average Bonchev–Trinajstić information content (AvgIpc) is 2.47. The first-order chi connectivity index (χ1) is 10.6. The largest absolute Gasteiger partial charge is 0.326 e. The van der Waals surface area contributed by atoms with Crippen molar-refractivity contribution in [1.82, 2.24) is 0 Å². The predicted molar refractivity (Wildman–Crippen MR) is 86.7 cm³/mol. The van der Waals surface area contributed by atoms with Crippen molar-refractivity contribution < 1.29 is 9.69 Å². The topological polar surface area (TPSA) is 57.3 Å². The normalized spacial score (nSPS) is 11.5. The van der Waals surface area contributed by atoms with E-state index in [4.69, 9.17) is 16.9 Å². The maximum atomic E-state index is 12.0. The minimum atomic E-state index is -0.0883. The molecule has 2 rings (SSSR count). The van der Waals surface area contributed by atoms with Crippen LogP contribution < -0.4 is 10.2 Å². The van der Waals surface area contributed by atoms with Gasteiger partial charge in [-0.1, -0.05) is 29.8 Å². The Balaban J connectivity index is 1.90. The number of carbonyl (C=O) groups is 1. The molecule has 1 atom stereocenters. The minimum Gasteiger partial charge on any atom is -0.326 e. The summed E-state index contributed by atoms with van der Waals surface area (Å²) in [5, 5.41) is 12.4. The summed E-state index contributed by atoms with van der Waals surface area (Å²) in [6.45, 7) is 1.05. The van der Waals surface area contributed by atoms with Crippen molar-refractivity contribution in [3.8, 4) is 6.07 Å². The van der Waals surface area contributed by atoms with Crippen LogP contribution in [0.15, 0.2) is 48.5 Å². The number of halogens is 1. The Morgan fingerprint density at radius 2 is 2.05 bits per heavy atom. The van der Waals surface area contributed by atoms with Crippen molar-refractivity contribution in [1.29, 1.82) is 5.26 Å². The second kappa shape index (κ2) is 7.60. The van der Waals surface area contributed by atoms with Gasteiger partial charge in [0.25, 0.3) is 5.91 Å². The van der Waals surface area contributed by atoms with Gasteiger partial charge in [0.05, 0.1) is 18.7 Å². The van der Waals surface area contributed by atoms with Crippen LogP contribution in [0.3, 0.4) is 0 Å². The van der Waals surface area contributed by atoms with Gasteiger partial charge in [-0.05, 0) is 30.3 Å². The summed E-state index contributed by atoms with van der Waals surface area (Å²) in [5.74, 6) is -0.0883. The molecular formula is C17H17ClN3O+. The number of carbonyl (C=O) groups excluding carboxylic acids is 1. The highest BCUT2D eigenvalue weighted by atomic mass is 35.5. The quantitative estimate of drug-likeness (QED) is 0.885. The van der Waals surface area contributed by atoms with Crippen LogP contribution in [-0.2, 0) is 11.3 Å². The van der Waals surface area contributed by atoms with Crippen LogP contribution in [0, 0.1) is 11.3 Å². The molecule has 2 N–H and O–H groups in total. The molecule has 0 aliphatic rings. The van der Waals surface area contributed by atoms with E-state index >= 15 is 0 Å². The van der Waals surface area contributed by atoms with Gasteiger partial charge in [-0.2, -0.15) is 5.26 Å². The Kier molecular flexibility index (Phi) is 5.54. The van der Waals surface area contributed by atoms with Crippen LogP contribution in [0.5, 0.6) is 0 Å². The maximum absolute atomic E-state index is 12.0. The lowest BCUT2D eigenvalue weighted by atomic mass is 10.2. The summed E-state index contributed by atoms with van der Waals surface area (Å²) in [6.07, 6.45) is 0. The molecule has 2 aromatic carbocycles. The number of quaternary nitrogens is 1. The lowest BCUT2D eigenvalue weighted by molar-refractivity contribution is -0.885. The summed E-state index contributed by atoms with van der Waals surface area (Å²) in [7, 11) is 1.95. The monoisotopic (exact) mass is 314 g/mol. The molecule has 0 saturated heterocycles. The molecule has 2 aromatic rings. The smallest absolute Gasteiger partial charge is 0.279 e. The van der Waals surface area contributed by atoms with Crippen LogP contribution >= 0.6 is 11.6 Å². The van der Waals surface area contributed by atoms with Gasteiger partial charge in [0.15, 0.2) is 6.54 Å². The Morgan fingerprint density at radius 1 is 1.27 bits per heavy atom. The van der Waals surface area contributed by atoms with Crippen LogP contribution in [0.1, 0.15) is 11.1 Å². The zero-order valence-corrected chi connectivity index (χ0v) is 13.0. The molecule has 0 fully saturated rings. The number of nitrogens with zero attached hydrogens (tertiary/aromatic N) is 1. The van der Waals surface area contributed by atoms with Gasteiger partial charge < -0.3 is 10.2 Å². The van der Waals surface area contributed by atoms with E-state index in [0.717, 1.165) is 10.5 Å². The first-order valence-corrected chi connectivity index (χ1v) is 7.30. The highest BCUT2D eigenvalue weighted by Gasteiger charge is 2.11. The van der Waals surface area contributed by atoms with Crippen LogP contribution in [-0.4, -0.2) is 19.5 Å². The summed E-state index contributed by atoms with van der Waals surface area (Å²) in [6, 6.07) is 16.5. The molecule has 0 spiro atoms. The Bertz CT molecular complexity index is 709. The maximum Gasteiger partial charge on any atom is 0.279 e. The summed E-state index contributed by atoms with van der Waals surface area (Å²) < 4.78 is 0. The predicted octanol–water partition coefficient (Wildman–Crippen LogP) is 1.87. The fourth-order valence-electron chi connectivity index (χ4n) is 2.20. The van der Waals surface area contributed by atoms with Gasteiger partial charge >= 0.3 is 0 Å². The van der Waals surface area contributed by atoms with Crippen LogP contribution in [0.4, 0.5) is 5.69 Å². The molecule has 5 heteroatoms. The van der Waals surface area contributed by atoms with Crippen molar-refractivity contribution >= 4 is 23.2 Å². The van der Waals surface area contributed by atoms with E-state index in [1.165, 1.54) is 0 Å². The Labute approximate surface area is 134 Å². The first-order valence-electron chi connectivity index (χ1n) is 6.92. The van der Waals surface area contributed by atoms with Gasteiger partial charge in [-0.25, -0.2) is 0 Å². The van der Waals surface area contributed by atoms with Crippen LogP contribution in [0.2, 0.25) is 5.02 Å². The summed E-state index contributed by atoms with van der Waals surface area (Å²) in [4.78, 5) is 13.1. The average molecular weight is 315 g/mol. The van der Waals surface area contributed by atoms with E-state index in [0.29, 0.717) is 29.4 Å². The van der Waals surface area contributed by atoms with Gasteiger partial charge in [0.1, 0.15) is 6.54 Å². The van der Waals surface area contributed by atoms with Gasteiger partial charge in [0.2, 0.25) is 0 Å². The third kappa shape index (κ3) is 4.88. The van der Waals surface area contributed by atoms with Crippen LogP contribution in [0.25, 0.3) is 0 Å². The van der Waals surface area contributed by atoms with E-state index in [1.54, 1.807) is 24.3 Å². The lowest BCUT2D eigenvalue weighted by Crippen LogP contribution is -3.08. The summed E-state index contributed by atoms with van der Waals surface area (Å²) >= 11 is 5.96. The first kappa shape index (κ1) is 16.0. The number of nitrogens with one attached hydrogen (secondary N) is 2. The number of hydrogen-bond donors (Lipinski definition) is 2. The molecule has 112 valence electrons. The highest BCUT2D eigenvalue weighted by molar-refractivity contribution is 6.30. The molecule has 4 nitrogen and oxygen atoms in total. The second-order valence-corrected chi connectivity index (χ2v) is 5.62. The third-order valence-electron chi connectivity index (χ3n) is 3.13. The standard InChI is InChI=1S/C17H16ClN3O/c1-21(11-14-5-2-6-15(18)8-14)12-17(22)20-16-7-3-4-13(9-16)10-19/h2-9H,11-12H2,1H3,(H,20,22)/p+1. The van der Waals surface area contributed by atoms with Crippen molar-refractivity contribution in [2.45, 2.75) is 6.54 Å². The third-order valence-corrected chi connectivity index (χ3v) is 3.37. The molecular weight excluding hydrogens is 298 g/mol. The molecule has 0 radical (unpaired) electrons. The van der Waals surface area contributed by atoms with Gasteiger partial charge in [-0.3, -0.25) is 4.79 Å². The lowest BCUT2D eigenvalue weighted by Gasteiger charge is -2.14. The van der Waals surface area contributed by atoms with E-state index in [2.05, 4.69) is 11.4 Å². The SMILES string of the molecule is C[NH+](CC(=O)Nc1cccc(C#N)c1)Cc1cccc(Cl)c1. The van der Waals surface area contributed by atoms with Crippen molar-refractivity contribution in [2.75, 3.05) is 18.9 Å². The number of hydrogen-bond acceptors (Lipinski definition) is 2. The van der Waals surface area contributed by atoms with Gasteiger partial charge in [0, 0.05) is 16.3 Å². The number of likely N-dealkylation sites (N-methyl/N-ethyl adjacent to an activating group) is 1. The Morgan fingerprint density at radius 3 is 2.77 bits per heavy atom. The molecule has 0 bridgehead atoms. The molecule has 22 heavy (non-hydrogen) atoms. The molecule has 0 heterocycles. The molecule has 1 unspecified atom stereocenters. The highest BCUT2D eigenvalue weighted by Crippen LogP contribution is 2.10. The Hall–Kier alpha value is -2.35. The molecule has 1 amide bonds. The molecule has 0 aliphatic carbocycles. The zero-order valence-electron chi connectivity index (χ0n) is 12.3. The van der Waals surface area contributed by atoms with Crippen molar-refractivity contribution in [3.63, 3.8) is 0 Å². The number of anilines is 1. The van der Waals surface area contributed by atoms with E-state index in [-0.39, 0.29) is 5.91 Å². The van der Waals surface area contributed by atoms with E-state index in [1.807, 2.05) is 31.3 Å². The number of nitriles is 1. The molecule has 0 aromatic heterocycles. The van der Waals surface area contributed by atoms with Crippen molar-refractivity contribution in [2.24, 2.45) is 0 Å². The number of rotatable bonds is 5. The van der Waals surface area contributed by atoms with Crippen molar-refractivity contribution in [3.05, 3.63) is 64.7 Å². The van der Waals surface area contributed by atoms with Gasteiger partial charge in [-0.15, -0.1) is 0 Å². The minimum absolute atomic E-state index is 0.0883. The molecule has 0 saturated carbocycles.